The van der Waals surface area contributed by atoms with Crippen LogP contribution < -0.4 is 0 Å². The number of esters is 1. The third-order valence-electron chi connectivity index (χ3n) is 2.07. The van der Waals surface area contributed by atoms with Crippen LogP contribution in [0.25, 0.3) is 0 Å². The largest absolute Gasteiger partial charge is 0.465 e. The molecule has 0 aliphatic carbocycles. The predicted octanol–water partition coefficient (Wildman–Crippen LogP) is 0.991. The summed E-state index contributed by atoms with van der Waals surface area (Å²) in [6.07, 6.45) is 2.60. The molecule has 0 spiro atoms. The molecule has 0 rings (SSSR count). The Morgan fingerprint density at radius 3 is 2.65 bits per heavy atom. The van der Waals surface area contributed by atoms with E-state index in [1.54, 1.807) is 20.1 Å². The van der Waals surface area contributed by atoms with E-state index in [1.165, 1.54) is 4.90 Å². The molecule has 0 aliphatic heterocycles. The first-order chi connectivity index (χ1) is 8.15. The summed E-state index contributed by atoms with van der Waals surface area (Å²) in [4.78, 5) is 24.5. The highest BCUT2D eigenvalue weighted by molar-refractivity contribution is 5.82. The van der Waals surface area contributed by atoms with Gasteiger partial charge in [-0.3, -0.25) is 9.59 Å². The van der Waals surface area contributed by atoms with Crippen molar-refractivity contribution >= 4 is 11.9 Å². The minimum Gasteiger partial charge on any atom is -0.465 e. The van der Waals surface area contributed by atoms with Crippen LogP contribution in [0.3, 0.4) is 0 Å². The zero-order valence-electron chi connectivity index (χ0n) is 10.6. The predicted molar refractivity (Wildman–Crippen MR) is 64.5 cm³/mol. The Labute approximate surface area is 102 Å². The minimum atomic E-state index is -0.394. The van der Waals surface area contributed by atoms with Crippen molar-refractivity contribution in [3.63, 3.8) is 0 Å². The number of rotatable bonds is 9. The Morgan fingerprint density at radius 2 is 2.12 bits per heavy atom. The van der Waals surface area contributed by atoms with Gasteiger partial charge in [-0.15, -0.1) is 6.58 Å². The molecule has 5 nitrogen and oxygen atoms in total. The summed E-state index contributed by atoms with van der Waals surface area (Å²) >= 11 is 0. The van der Waals surface area contributed by atoms with Crippen LogP contribution in [0.2, 0.25) is 0 Å². The van der Waals surface area contributed by atoms with Gasteiger partial charge in [-0.2, -0.15) is 0 Å². The Hall–Kier alpha value is -1.36. The van der Waals surface area contributed by atoms with E-state index in [4.69, 9.17) is 9.47 Å². The van der Waals surface area contributed by atoms with Gasteiger partial charge < -0.3 is 14.4 Å². The monoisotopic (exact) mass is 243 g/mol. The summed E-state index contributed by atoms with van der Waals surface area (Å²) in [5.74, 6) is -0.482. The fraction of sp³-hybridized carbons (Fsp3) is 0.667. The molecule has 0 fully saturated rings. The second-order valence-corrected chi connectivity index (χ2v) is 3.46. The first-order valence-electron chi connectivity index (χ1n) is 5.68. The van der Waals surface area contributed by atoms with E-state index in [9.17, 15) is 9.59 Å². The van der Waals surface area contributed by atoms with E-state index in [1.807, 2.05) is 0 Å². The number of carbonyl (C=O) groups excluding carboxylic acids is 2. The molecule has 0 unspecified atom stereocenters. The standard InChI is InChI=1S/C12H21NO4/c1-4-8-13(10-12(15)17-5-2)11(14)7-6-9-16-3/h4H,1,5-10H2,2-3H3. The fourth-order valence-electron chi connectivity index (χ4n) is 1.30. The number of amides is 1. The van der Waals surface area contributed by atoms with Gasteiger partial charge in [0.1, 0.15) is 6.54 Å². The summed E-state index contributed by atoms with van der Waals surface area (Å²) in [6.45, 7) is 6.48. The fourth-order valence-corrected chi connectivity index (χ4v) is 1.30. The lowest BCUT2D eigenvalue weighted by molar-refractivity contribution is -0.148. The van der Waals surface area contributed by atoms with E-state index in [-0.39, 0.29) is 12.5 Å². The molecule has 0 saturated carbocycles. The quantitative estimate of drug-likeness (QED) is 0.344. The van der Waals surface area contributed by atoms with Crippen LogP contribution in [0.1, 0.15) is 19.8 Å². The lowest BCUT2D eigenvalue weighted by atomic mass is 10.3. The van der Waals surface area contributed by atoms with Crippen LogP contribution in [-0.2, 0) is 19.1 Å². The topological polar surface area (TPSA) is 55.8 Å². The minimum absolute atomic E-state index is 0.0221. The number of hydrogen-bond donors (Lipinski definition) is 0. The first-order valence-corrected chi connectivity index (χ1v) is 5.68. The lowest BCUT2D eigenvalue weighted by Crippen LogP contribution is -2.36. The van der Waals surface area contributed by atoms with Gasteiger partial charge in [0.15, 0.2) is 0 Å². The average Bonchev–Trinajstić information content (AvgIpc) is 2.29. The highest BCUT2D eigenvalue weighted by atomic mass is 16.5. The molecule has 0 radical (unpaired) electrons. The van der Waals surface area contributed by atoms with Crippen molar-refractivity contribution in [1.82, 2.24) is 4.90 Å². The second kappa shape index (κ2) is 9.84. The van der Waals surface area contributed by atoms with Crippen LogP contribution in [0.15, 0.2) is 12.7 Å². The highest BCUT2D eigenvalue weighted by Crippen LogP contribution is 1.99. The molecule has 0 N–H and O–H groups in total. The molecule has 0 aromatic rings. The van der Waals surface area contributed by atoms with Crippen molar-refractivity contribution in [2.45, 2.75) is 19.8 Å². The molecule has 98 valence electrons. The molecular weight excluding hydrogens is 222 g/mol. The molecule has 0 atom stereocenters. The second-order valence-electron chi connectivity index (χ2n) is 3.46. The van der Waals surface area contributed by atoms with E-state index < -0.39 is 5.97 Å². The molecule has 0 aliphatic rings. The van der Waals surface area contributed by atoms with Crippen molar-refractivity contribution in [1.29, 1.82) is 0 Å². The van der Waals surface area contributed by atoms with Crippen molar-refractivity contribution in [2.75, 3.05) is 33.4 Å². The van der Waals surface area contributed by atoms with E-state index in [2.05, 4.69) is 6.58 Å². The van der Waals surface area contributed by atoms with Gasteiger partial charge in [-0.05, 0) is 13.3 Å². The van der Waals surface area contributed by atoms with Gasteiger partial charge in [0.25, 0.3) is 0 Å². The molecule has 0 saturated heterocycles. The van der Waals surface area contributed by atoms with Gasteiger partial charge in [0.05, 0.1) is 6.61 Å². The molecular formula is C12H21NO4. The molecule has 0 bridgehead atoms. The molecule has 5 heteroatoms. The van der Waals surface area contributed by atoms with Crippen LogP contribution in [0.4, 0.5) is 0 Å². The third kappa shape index (κ3) is 7.52. The first kappa shape index (κ1) is 15.6. The number of carbonyl (C=O) groups is 2. The van der Waals surface area contributed by atoms with Crippen LogP contribution in [0.5, 0.6) is 0 Å². The summed E-state index contributed by atoms with van der Waals surface area (Å²) in [5, 5.41) is 0. The third-order valence-corrected chi connectivity index (χ3v) is 2.07. The number of nitrogens with zero attached hydrogens (tertiary/aromatic N) is 1. The lowest BCUT2D eigenvalue weighted by Gasteiger charge is -2.19. The van der Waals surface area contributed by atoms with Crippen molar-refractivity contribution < 1.29 is 19.1 Å². The maximum absolute atomic E-state index is 11.8. The zero-order chi connectivity index (χ0) is 13.1. The maximum Gasteiger partial charge on any atom is 0.325 e. The van der Waals surface area contributed by atoms with Gasteiger partial charge in [0.2, 0.25) is 5.91 Å². The van der Waals surface area contributed by atoms with Crippen molar-refractivity contribution in [3.05, 3.63) is 12.7 Å². The number of hydrogen-bond acceptors (Lipinski definition) is 4. The average molecular weight is 243 g/mol. The molecule has 1 amide bonds. The summed E-state index contributed by atoms with van der Waals surface area (Å²) in [6, 6.07) is 0. The Bertz CT molecular complexity index is 253. The summed E-state index contributed by atoms with van der Waals surface area (Å²) < 4.78 is 9.67. The van der Waals surface area contributed by atoms with Crippen molar-refractivity contribution in [2.24, 2.45) is 0 Å². The number of ether oxygens (including phenoxy) is 2. The summed E-state index contributed by atoms with van der Waals surface area (Å²) in [5.41, 5.74) is 0. The zero-order valence-corrected chi connectivity index (χ0v) is 10.6. The number of methoxy groups -OCH3 is 1. The van der Waals surface area contributed by atoms with E-state index in [0.717, 1.165) is 0 Å². The smallest absolute Gasteiger partial charge is 0.325 e. The molecule has 0 aromatic heterocycles. The van der Waals surface area contributed by atoms with E-state index >= 15 is 0 Å². The Balaban J connectivity index is 4.15. The molecule has 17 heavy (non-hydrogen) atoms. The molecule has 0 heterocycles. The normalized spacial score (nSPS) is 9.76. The Morgan fingerprint density at radius 1 is 1.41 bits per heavy atom. The molecule has 0 aromatic carbocycles. The van der Waals surface area contributed by atoms with Crippen molar-refractivity contribution in [3.8, 4) is 0 Å². The van der Waals surface area contributed by atoms with E-state index in [0.29, 0.717) is 32.6 Å². The Kier molecular flexibility index (Phi) is 9.05. The summed E-state index contributed by atoms with van der Waals surface area (Å²) in [7, 11) is 1.59. The van der Waals surface area contributed by atoms with Gasteiger partial charge in [0, 0.05) is 26.7 Å². The highest BCUT2D eigenvalue weighted by Gasteiger charge is 2.15. The van der Waals surface area contributed by atoms with Gasteiger partial charge in [-0.1, -0.05) is 6.08 Å². The van der Waals surface area contributed by atoms with Gasteiger partial charge in [-0.25, -0.2) is 0 Å². The SMILES string of the molecule is C=CCN(CC(=O)OCC)C(=O)CCCOC. The van der Waals surface area contributed by atoms with Gasteiger partial charge >= 0.3 is 5.97 Å². The van der Waals surface area contributed by atoms with Crippen LogP contribution >= 0.6 is 0 Å². The van der Waals surface area contributed by atoms with Crippen LogP contribution in [0, 0.1) is 0 Å². The maximum atomic E-state index is 11.8. The van der Waals surface area contributed by atoms with Crippen LogP contribution in [-0.4, -0.2) is 50.2 Å².